The van der Waals surface area contributed by atoms with Crippen LogP contribution in [0.4, 0.5) is 0 Å². The zero-order valence-corrected chi connectivity index (χ0v) is 17.5. The molecule has 0 saturated carbocycles. The van der Waals surface area contributed by atoms with Crippen molar-refractivity contribution in [2.75, 3.05) is 5.75 Å². The molecule has 0 amide bonds. The lowest BCUT2D eigenvalue weighted by molar-refractivity contribution is 0.102. The summed E-state index contributed by atoms with van der Waals surface area (Å²) in [6.07, 6.45) is 0. The van der Waals surface area contributed by atoms with Gasteiger partial charge in [-0.3, -0.25) is 18.7 Å². The second kappa shape index (κ2) is 7.89. The fourth-order valence-corrected chi connectivity index (χ4v) is 3.70. The van der Waals surface area contributed by atoms with Crippen LogP contribution in [0.5, 0.6) is 0 Å². The van der Waals surface area contributed by atoms with E-state index in [1.54, 1.807) is 31.3 Å². The van der Waals surface area contributed by atoms with Crippen LogP contribution < -0.4 is 11.2 Å². The zero-order valence-electron chi connectivity index (χ0n) is 15.9. The van der Waals surface area contributed by atoms with Crippen LogP contribution in [0.2, 0.25) is 5.02 Å². The highest BCUT2D eigenvalue weighted by atomic mass is 35.5. The van der Waals surface area contributed by atoms with Crippen LogP contribution in [0.1, 0.15) is 35.9 Å². The molecular formula is C19H19ClN4O3S. The third kappa shape index (κ3) is 3.74. The number of carbonyl (C=O) groups excluding carboxylic acids is 1. The summed E-state index contributed by atoms with van der Waals surface area (Å²) in [6.45, 7) is 3.85. The van der Waals surface area contributed by atoms with Crippen LogP contribution in [0.25, 0.3) is 11.0 Å². The Kier molecular flexibility index (Phi) is 5.71. The number of halogens is 1. The minimum Gasteiger partial charge on any atom is -0.293 e. The van der Waals surface area contributed by atoms with E-state index >= 15 is 0 Å². The fourth-order valence-electron chi connectivity index (χ4n) is 2.66. The van der Waals surface area contributed by atoms with Gasteiger partial charge in [0.05, 0.1) is 5.75 Å². The molecule has 0 unspecified atom stereocenters. The minimum atomic E-state index is -0.477. The SMILES string of the molecule is CC(C)c1nc(SCC(=O)c2ccc(Cl)cc2)c2c(=O)n(C)c(=O)n(C)c2n1. The number of rotatable bonds is 5. The number of Topliss-reactive ketones (excluding diaryl/α,β-unsaturated/α-hetero) is 1. The number of fused-ring (bicyclic) bond motifs is 1. The fraction of sp³-hybridized carbons (Fsp3) is 0.316. The molecule has 0 radical (unpaired) electrons. The largest absolute Gasteiger partial charge is 0.332 e. The molecule has 2 aromatic heterocycles. The van der Waals surface area contributed by atoms with Crippen LogP contribution in [0.3, 0.4) is 0 Å². The number of aryl methyl sites for hydroxylation is 1. The Bertz CT molecular complexity index is 1180. The molecule has 0 fully saturated rings. The molecule has 0 N–H and O–H groups in total. The number of ketones is 1. The van der Waals surface area contributed by atoms with E-state index in [-0.39, 0.29) is 28.5 Å². The molecule has 146 valence electrons. The first-order valence-corrected chi connectivity index (χ1v) is 9.96. The summed E-state index contributed by atoms with van der Waals surface area (Å²) >= 11 is 7.03. The summed E-state index contributed by atoms with van der Waals surface area (Å²) in [4.78, 5) is 46.4. The number of thioether (sulfide) groups is 1. The van der Waals surface area contributed by atoms with Crippen molar-refractivity contribution in [1.82, 2.24) is 19.1 Å². The van der Waals surface area contributed by atoms with E-state index in [0.717, 1.165) is 16.3 Å². The Morgan fingerprint density at radius 1 is 1.11 bits per heavy atom. The molecule has 0 aliphatic heterocycles. The average molecular weight is 419 g/mol. The van der Waals surface area contributed by atoms with Crippen LogP contribution in [0, 0.1) is 0 Å². The van der Waals surface area contributed by atoms with Gasteiger partial charge >= 0.3 is 5.69 Å². The maximum Gasteiger partial charge on any atom is 0.332 e. The molecule has 3 aromatic rings. The van der Waals surface area contributed by atoms with Gasteiger partial charge in [-0.05, 0) is 24.3 Å². The van der Waals surface area contributed by atoms with E-state index in [4.69, 9.17) is 11.6 Å². The number of carbonyl (C=O) groups is 1. The predicted molar refractivity (Wildman–Crippen MR) is 111 cm³/mol. The molecule has 0 bridgehead atoms. The van der Waals surface area contributed by atoms with Crippen molar-refractivity contribution >= 4 is 40.2 Å². The summed E-state index contributed by atoms with van der Waals surface area (Å²) < 4.78 is 2.35. The molecule has 0 aliphatic rings. The highest BCUT2D eigenvalue weighted by Gasteiger charge is 2.19. The summed E-state index contributed by atoms with van der Waals surface area (Å²) in [6, 6.07) is 6.63. The van der Waals surface area contributed by atoms with E-state index in [0.29, 0.717) is 21.4 Å². The molecule has 28 heavy (non-hydrogen) atoms. The van der Waals surface area contributed by atoms with E-state index in [1.807, 2.05) is 13.8 Å². The molecule has 0 atom stereocenters. The molecule has 2 heterocycles. The predicted octanol–water partition coefficient (Wildman–Crippen LogP) is 2.78. The van der Waals surface area contributed by atoms with Gasteiger partial charge in [0.2, 0.25) is 0 Å². The van der Waals surface area contributed by atoms with Crippen molar-refractivity contribution in [1.29, 1.82) is 0 Å². The number of aromatic nitrogens is 4. The van der Waals surface area contributed by atoms with Crippen LogP contribution in [-0.4, -0.2) is 30.6 Å². The van der Waals surface area contributed by atoms with Crippen molar-refractivity contribution in [2.24, 2.45) is 14.1 Å². The number of hydrogen-bond acceptors (Lipinski definition) is 6. The first kappa shape index (κ1) is 20.3. The Morgan fingerprint density at radius 2 is 1.75 bits per heavy atom. The smallest absolute Gasteiger partial charge is 0.293 e. The zero-order chi connectivity index (χ0) is 20.6. The number of nitrogens with zero attached hydrogens (tertiary/aromatic N) is 4. The summed E-state index contributed by atoms with van der Waals surface area (Å²) in [5, 5.41) is 1.19. The summed E-state index contributed by atoms with van der Waals surface area (Å²) in [7, 11) is 2.97. The van der Waals surface area contributed by atoms with Crippen LogP contribution >= 0.6 is 23.4 Å². The molecule has 0 spiro atoms. The molecular weight excluding hydrogens is 400 g/mol. The van der Waals surface area contributed by atoms with E-state index in [2.05, 4.69) is 9.97 Å². The number of hydrogen-bond donors (Lipinski definition) is 0. The summed E-state index contributed by atoms with van der Waals surface area (Å²) in [5.74, 6) is 0.491. The van der Waals surface area contributed by atoms with Gasteiger partial charge in [-0.25, -0.2) is 14.8 Å². The van der Waals surface area contributed by atoms with Crippen molar-refractivity contribution in [2.45, 2.75) is 24.8 Å². The minimum absolute atomic E-state index is 0.00474. The standard InChI is InChI=1S/C19H19ClN4O3S/c1-10(2)15-21-16-14(18(26)24(4)19(27)23(16)3)17(22-15)28-9-13(25)11-5-7-12(20)8-6-11/h5-8,10H,9H2,1-4H3. The lowest BCUT2D eigenvalue weighted by atomic mass is 10.1. The van der Waals surface area contributed by atoms with Crippen LogP contribution in [-0.2, 0) is 14.1 Å². The topological polar surface area (TPSA) is 86.9 Å². The monoisotopic (exact) mass is 418 g/mol. The van der Waals surface area contributed by atoms with Crippen LogP contribution in [0.15, 0.2) is 38.9 Å². The van der Waals surface area contributed by atoms with Crippen molar-refractivity contribution in [3.63, 3.8) is 0 Å². The lowest BCUT2D eigenvalue weighted by Crippen LogP contribution is -2.38. The molecule has 3 rings (SSSR count). The lowest BCUT2D eigenvalue weighted by Gasteiger charge is -2.13. The molecule has 0 saturated heterocycles. The van der Waals surface area contributed by atoms with Crippen molar-refractivity contribution < 1.29 is 4.79 Å². The van der Waals surface area contributed by atoms with Gasteiger partial charge in [0.1, 0.15) is 16.2 Å². The van der Waals surface area contributed by atoms with Gasteiger partial charge in [0.15, 0.2) is 11.4 Å². The maximum absolute atomic E-state index is 12.7. The van der Waals surface area contributed by atoms with E-state index in [1.165, 1.54) is 11.6 Å². The maximum atomic E-state index is 12.7. The average Bonchev–Trinajstić information content (AvgIpc) is 2.68. The Labute approximate surface area is 170 Å². The molecule has 0 aliphatic carbocycles. The normalized spacial score (nSPS) is 11.4. The highest BCUT2D eigenvalue weighted by molar-refractivity contribution is 8.00. The Morgan fingerprint density at radius 3 is 2.36 bits per heavy atom. The van der Waals surface area contributed by atoms with Crippen molar-refractivity contribution in [3.8, 4) is 0 Å². The molecule has 9 heteroatoms. The Balaban J connectivity index is 2.08. The second-order valence-corrected chi connectivity index (χ2v) is 8.07. The van der Waals surface area contributed by atoms with Gasteiger partial charge in [-0.2, -0.15) is 0 Å². The quantitative estimate of drug-likeness (QED) is 0.359. The van der Waals surface area contributed by atoms with Gasteiger partial charge in [0, 0.05) is 30.6 Å². The number of benzene rings is 1. The summed E-state index contributed by atoms with van der Waals surface area (Å²) in [5.41, 5.74) is -0.137. The highest BCUT2D eigenvalue weighted by Crippen LogP contribution is 2.25. The third-order valence-electron chi connectivity index (χ3n) is 4.31. The van der Waals surface area contributed by atoms with Gasteiger partial charge in [-0.15, -0.1) is 0 Å². The molecule has 1 aromatic carbocycles. The van der Waals surface area contributed by atoms with Gasteiger partial charge in [0.25, 0.3) is 5.56 Å². The third-order valence-corrected chi connectivity index (χ3v) is 5.53. The Hall–Kier alpha value is -2.45. The van der Waals surface area contributed by atoms with E-state index < -0.39 is 11.2 Å². The first-order chi connectivity index (χ1) is 13.2. The van der Waals surface area contributed by atoms with E-state index in [9.17, 15) is 14.4 Å². The first-order valence-electron chi connectivity index (χ1n) is 8.60. The van der Waals surface area contributed by atoms with Gasteiger partial charge in [-0.1, -0.05) is 37.2 Å². The van der Waals surface area contributed by atoms with Gasteiger partial charge < -0.3 is 0 Å². The second-order valence-electron chi connectivity index (χ2n) is 6.66. The van der Waals surface area contributed by atoms with Crippen molar-refractivity contribution in [3.05, 3.63) is 61.5 Å². The molecule has 7 nitrogen and oxygen atoms in total.